The van der Waals surface area contributed by atoms with E-state index < -0.39 is 11.7 Å². The van der Waals surface area contributed by atoms with Gasteiger partial charge in [-0.25, -0.2) is 0 Å². The molecule has 0 amide bonds. The third-order valence-corrected chi connectivity index (χ3v) is 9.04. The van der Waals surface area contributed by atoms with Gasteiger partial charge in [-0.05, 0) is 92.7 Å². The van der Waals surface area contributed by atoms with Gasteiger partial charge >= 0.3 is 12.1 Å². The third kappa shape index (κ3) is 5.34. The van der Waals surface area contributed by atoms with E-state index >= 15 is 0 Å². The van der Waals surface area contributed by atoms with Crippen LogP contribution in [0.15, 0.2) is 30.3 Å². The fourth-order valence-corrected chi connectivity index (χ4v) is 7.09. The predicted octanol–water partition coefficient (Wildman–Crippen LogP) is 7.68. The molecule has 1 aliphatic carbocycles. The van der Waals surface area contributed by atoms with Crippen LogP contribution in [0.5, 0.6) is 5.75 Å². The first-order valence-electron chi connectivity index (χ1n) is 13.8. The van der Waals surface area contributed by atoms with Crippen LogP contribution in [0.3, 0.4) is 0 Å². The van der Waals surface area contributed by atoms with Crippen LogP contribution < -0.4 is 4.74 Å². The number of esters is 1. The highest BCUT2D eigenvalue weighted by Crippen LogP contribution is 2.45. The molecule has 37 heavy (non-hydrogen) atoms. The van der Waals surface area contributed by atoms with E-state index in [2.05, 4.69) is 18.7 Å². The molecule has 4 nitrogen and oxygen atoms in total. The Labute approximate surface area is 217 Å². The van der Waals surface area contributed by atoms with Crippen LogP contribution in [-0.2, 0) is 15.7 Å². The van der Waals surface area contributed by atoms with E-state index in [0.29, 0.717) is 11.3 Å². The van der Waals surface area contributed by atoms with Crippen molar-refractivity contribution in [3.05, 3.63) is 41.5 Å². The van der Waals surface area contributed by atoms with Crippen molar-refractivity contribution in [1.82, 2.24) is 4.90 Å². The molecule has 0 N–H and O–H groups in total. The number of carbonyl (C=O) groups is 1. The lowest BCUT2D eigenvalue weighted by atomic mass is 9.77. The highest BCUT2D eigenvalue weighted by atomic mass is 19.4. The fraction of sp³-hybridized carbons (Fsp3) is 0.633. The number of rotatable bonds is 5. The van der Waals surface area contributed by atoms with Gasteiger partial charge in [-0.1, -0.05) is 31.5 Å². The smallest absolute Gasteiger partial charge is 0.420 e. The second-order valence-electron chi connectivity index (χ2n) is 11.5. The number of alkyl halides is 3. The Morgan fingerprint density at radius 3 is 2.30 bits per heavy atom. The lowest BCUT2D eigenvalue weighted by molar-refractivity contribution is -0.150. The summed E-state index contributed by atoms with van der Waals surface area (Å²) >= 11 is 0. The molecule has 2 aromatic rings. The summed E-state index contributed by atoms with van der Waals surface area (Å²) < 4.78 is 53.9. The minimum atomic E-state index is -4.50. The Balaban J connectivity index is 1.42. The zero-order valence-corrected chi connectivity index (χ0v) is 22.0. The molecule has 2 bridgehead atoms. The van der Waals surface area contributed by atoms with E-state index in [9.17, 15) is 18.0 Å². The second kappa shape index (κ2) is 10.5. The molecular formula is C30H38F3NO3. The number of benzene rings is 2. The molecule has 2 aromatic carbocycles. The van der Waals surface area contributed by atoms with E-state index in [4.69, 9.17) is 9.47 Å². The lowest BCUT2D eigenvalue weighted by Crippen LogP contribution is -2.54. The maximum atomic E-state index is 14.3. The van der Waals surface area contributed by atoms with Crippen molar-refractivity contribution < 1.29 is 27.4 Å². The Bertz CT molecular complexity index is 1110. The molecular weight excluding hydrogens is 479 g/mol. The molecule has 1 saturated carbocycles. The van der Waals surface area contributed by atoms with Crippen molar-refractivity contribution in [2.75, 3.05) is 7.11 Å². The zero-order chi connectivity index (χ0) is 26.3. The molecule has 3 fully saturated rings. The average Bonchev–Trinajstić information content (AvgIpc) is 2.87. The molecule has 2 heterocycles. The summed E-state index contributed by atoms with van der Waals surface area (Å²) in [6.07, 6.45) is 3.64. The van der Waals surface area contributed by atoms with E-state index in [1.807, 2.05) is 12.1 Å². The van der Waals surface area contributed by atoms with Crippen molar-refractivity contribution in [3.63, 3.8) is 0 Å². The average molecular weight is 518 g/mol. The summed E-state index contributed by atoms with van der Waals surface area (Å²) in [5.74, 6) is 0.348. The monoisotopic (exact) mass is 517 g/mol. The molecule has 202 valence electrons. The Hall–Kier alpha value is -2.28. The number of methoxy groups -OCH3 is 1. The molecule has 5 rings (SSSR count). The van der Waals surface area contributed by atoms with Crippen LogP contribution in [-0.4, -0.2) is 36.2 Å². The van der Waals surface area contributed by atoms with Crippen molar-refractivity contribution in [3.8, 4) is 5.75 Å². The van der Waals surface area contributed by atoms with Gasteiger partial charge in [-0.3, -0.25) is 9.69 Å². The normalized spacial score (nSPS) is 29.6. The summed E-state index contributed by atoms with van der Waals surface area (Å²) in [6.45, 7) is 4.32. The van der Waals surface area contributed by atoms with Gasteiger partial charge in [-0.2, -0.15) is 13.2 Å². The SMILES string of the molecule is COC(=O)C1CC2CCCC(C1)N2[C@H](C)c1ccc2c(C(F)(F)F)c(O[C@H]3CC[C@@H](C)CC3)ccc2c1. The molecule has 0 spiro atoms. The van der Waals surface area contributed by atoms with Crippen molar-refractivity contribution in [1.29, 1.82) is 0 Å². The largest absolute Gasteiger partial charge is 0.490 e. The molecule has 2 unspecified atom stereocenters. The summed E-state index contributed by atoms with van der Waals surface area (Å²) in [4.78, 5) is 14.7. The van der Waals surface area contributed by atoms with Crippen molar-refractivity contribution in [2.45, 2.75) is 102 Å². The van der Waals surface area contributed by atoms with Crippen LogP contribution in [0.25, 0.3) is 10.8 Å². The van der Waals surface area contributed by atoms with Gasteiger partial charge in [-0.15, -0.1) is 0 Å². The number of halogens is 3. The van der Waals surface area contributed by atoms with Gasteiger partial charge in [0, 0.05) is 18.1 Å². The van der Waals surface area contributed by atoms with Gasteiger partial charge in [0.25, 0.3) is 0 Å². The Morgan fingerprint density at radius 2 is 1.68 bits per heavy atom. The molecule has 3 atom stereocenters. The number of fused-ring (bicyclic) bond motifs is 3. The van der Waals surface area contributed by atoms with Crippen molar-refractivity contribution in [2.24, 2.45) is 11.8 Å². The quantitative estimate of drug-likeness (QED) is 0.381. The zero-order valence-electron chi connectivity index (χ0n) is 22.0. The topological polar surface area (TPSA) is 38.8 Å². The van der Waals surface area contributed by atoms with E-state index in [0.717, 1.165) is 63.4 Å². The second-order valence-corrected chi connectivity index (χ2v) is 11.5. The number of hydrogen-bond donors (Lipinski definition) is 0. The Kier molecular flexibility index (Phi) is 7.45. The highest BCUT2D eigenvalue weighted by molar-refractivity contribution is 5.89. The minimum absolute atomic E-state index is 0.0489. The van der Waals surface area contributed by atoms with Gasteiger partial charge in [0.2, 0.25) is 0 Å². The number of carbonyl (C=O) groups excluding carboxylic acids is 1. The van der Waals surface area contributed by atoms with Gasteiger partial charge in [0.05, 0.1) is 19.1 Å². The van der Waals surface area contributed by atoms with Gasteiger partial charge < -0.3 is 9.47 Å². The standard InChI is InChI=1S/C30H38F3NO3/c1-18-7-11-25(12-8-18)37-27-14-10-21-15-20(9-13-26(21)28(27)30(31,32)33)19(2)34-23-5-4-6-24(34)17-22(16-23)29(35)36-3/h9-10,13-15,18-19,22-25H,4-8,11-12,16-17H2,1-3H3/t18-,19-,22?,23?,24?,25+/m1/s1. The number of piperidine rings is 2. The first-order valence-corrected chi connectivity index (χ1v) is 13.8. The van der Waals surface area contributed by atoms with E-state index in [1.54, 1.807) is 12.1 Å². The van der Waals surface area contributed by atoms with E-state index in [1.165, 1.54) is 13.2 Å². The molecule has 0 radical (unpaired) electrons. The summed E-state index contributed by atoms with van der Waals surface area (Å²) in [6, 6.07) is 9.26. The van der Waals surface area contributed by atoms with Crippen LogP contribution in [0.2, 0.25) is 0 Å². The number of ether oxygens (including phenoxy) is 2. The molecule has 2 aliphatic heterocycles. The van der Waals surface area contributed by atoms with Crippen LogP contribution in [0.1, 0.15) is 88.8 Å². The molecule has 2 saturated heterocycles. The lowest BCUT2D eigenvalue weighted by Gasteiger charge is -2.51. The minimum Gasteiger partial charge on any atom is -0.490 e. The summed E-state index contributed by atoms with van der Waals surface area (Å²) in [5.41, 5.74) is 0.336. The summed E-state index contributed by atoms with van der Waals surface area (Å²) in [5, 5.41) is 0.769. The molecule has 7 heteroatoms. The molecule has 3 aliphatic rings. The number of hydrogen-bond acceptors (Lipinski definition) is 4. The Morgan fingerprint density at radius 1 is 1.00 bits per heavy atom. The van der Waals surface area contributed by atoms with E-state index in [-0.39, 0.29) is 47.3 Å². The summed E-state index contributed by atoms with van der Waals surface area (Å²) in [7, 11) is 1.45. The molecule has 0 aromatic heterocycles. The van der Waals surface area contributed by atoms with Crippen LogP contribution in [0.4, 0.5) is 13.2 Å². The van der Waals surface area contributed by atoms with Crippen LogP contribution >= 0.6 is 0 Å². The first-order chi connectivity index (χ1) is 17.7. The predicted molar refractivity (Wildman–Crippen MR) is 137 cm³/mol. The third-order valence-electron chi connectivity index (χ3n) is 9.04. The maximum absolute atomic E-state index is 14.3. The first kappa shape index (κ1) is 26.3. The maximum Gasteiger partial charge on any atom is 0.420 e. The van der Waals surface area contributed by atoms with Gasteiger partial charge in [0.15, 0.2) is 0 Å². The van der Waals surface area contributed by atoms with Gasteiger partial charge in [0.1, 0.15) is 11.3 Å². The fourth-order valence-electron chi connectivity index (χ4n) is 7.09. The number of nitrogens with zero attached hydrogens (tertiary/aromatic N) is 1. The van der Waals surface area contributed by atoms with Crippen LogP contribution in [0, 0.1) is 11.8 Å². The van der Waals surface area contributed by atoms with Crippen molar-refractivity contribution >= 4 is 16.7 Å². The highest BCUT2D eigenvalue weighted by Gasteiger charge is 2.43.